The molecular weight excluding hydrogens is 226 g/mol. The summed E-state index contributed by atoms with van der Waals surface area (Å²) >= 11 is 3.54. The average Bonchev–Trinajstić information content (AvgIpc) is 2.07. The van der Waals surface area contributed by atoms with E-state index in [1.54, 1.807) is 0 Å². The van der Waals surface area contributed by atoms with E-state index in [0.29, 0.717) is 0 Å². The van der Waals surface area contributed by atoms with Crippen molar-refractivity contribution in [1.29, 1.82) is 0 Å². The molecule has 0 N–H and O–H groups in total. The normalized spacial score (nSPS) is 10.7. The second-order valence-electron chi connectivity index (χ2n) is 3.22. The van der Waals surface area contributed by atoms with Crippen molar-refractivity contribution in [2.24, 2.45) is 0 Å². The minimum Gasteiger partial charge on any atom is -0.253 e. The zero-order valence-electron chi connectivity index (χ0n) is 7.63. The molecule has 0 unspecified atom stereocenters. The van der Waals surface area contributed by atoms with Gasteiger partial charge in [0.2, 0.25) is 0 Å². The van der Waals surface area contributed by atoms with E-state index in [1.165, 1.54) is 10.9 Å². The predicted octanol–water partition coefficient (Wildman–Crippen LogP) is 3.61. The SMILES string of the molecule is Cc1cc(Br)c2cccc(C)c2n1. The first-order valence-corrected chi connectivity index (χ1v) is 5.00. The number of nitrogens with zero attached hydrogens (tertiary/aromatic N) is 1. The number of hydrogen-bond donors (Lipinski definition) is 0. The average molecular weight is 236 g/mol. The molecule has 66 valence electrons. The summed E-state index contributed by atoms with van der Waals surface area (Å²) in [6.45, 7) is 4.10. The molecule has 0 amide bonds. The summed E-state index contributed by atoms with van der Waals surface area (Å²) in [5.41, 5.74) is 3.37. The Hall–Kier alpha value is -0.890. The quantitative estimate of drug-likeness (QED) is 0.680. The number of fused-ring (bicyclic) bond motifs is 1. The summed E-state index contributed by atoms with van der Waals surface area (Å²) < 4.78 is 1.12. The number of halogens is 1. The molecule has 0 aliphatic carbocycles. The van der Waals surface area contributed by atoms with Crippen molar-refractivity contribution in [3.8, 4) is 0 Å². The number of benzene rings is 1. The molecule has 13 heavy (non-hydrogen) atoms. The maximum absolute atomic E-state index is 4.51. The number of rotatable bonds is 0. The number of aromatic nitrogens is 1. The molecule has 2 aromatic rings. The summed E-state index contributed by atoms with van der Waals surface area (Å²) in [4.78, 5) is 4.51. The molecule has 0 saturated carbocycles. The molecule has 0 atom stereocenters. The van der Waals surface area contributed by atoms with Crippen molar-refractivity contribution in [2.45, 2.75) is 13.8 Å². The zero-order valence-corrected chi connectivity index (χ0v) is 9.22. The Morgan fingerprint density at radius 1 is 1.23 bits per heavy atom. The first-order chi connectivity index (χ1) is 6.18. The smallest absolute Gasteiger partial charge is 0.0745 e. The molecule has 0 aliphatic heterocycles. The van der Waals surface area contributed by atoms with Crippen molar-refractivity contribution < 1.29 is 0 Å². The summed E-state index contributed by atoms with van der Waals surface area (Å²) in [6, 6.07) is 8.27. The van der Waals surface area contributed by atoms with E-state index in [4.69, 9.17) is 0 Å². The number of pyridine rings is 1. The minimum absolute atomic E-state index is 1.05. The highest BCUT2D eigenvalue weighted by atomic mass is 79.9. The highest BCUT2D eigenvalue weighted by Crippen LogP contribution is 2.25. The molecule has 0 saturated heterocycles. The molecule has 2 rings (SSSR count). The lowest BCUT2D eigenvalue weighted by Gasteiger charge is -2.04. The molecule has 0 spiro atoms. The van der Waals surface area contributed by atoms with E-state index in [2.05, 4.69) is 46.0 Å². The van der Waals surface area contributed by atoms with Crippen LogP contribution < -0.4 is 0 Å². The topological polar surface area (TPSA) is 12.9 Å². The van der Waals surface area contributed by atoms with Crippen LogP contribution in [-0.4, -0.2) is 4.98 Å². The van der Waals surface area contributed by atoms with Crippen molar-refractivity contribution in [3.05, 3.63) is 40.0 Å². The molecule has 0 fully saturated rings. The molecule has 2 heteroatoms. The Morgan fingerprint density at radius 2 is 2.00 bits per heavy atom. The van der Waals surface area contributed by atoms with Gasteiger partial charge in [0.15, 0.2) is 0 Å². The fourth-order valence-electron chi connectivity index (χ4n) is 1.47. The molecule has 0 bridgehead atoms. The Bertz CT molecular complexity index is 463. The van der Waals surface area contributed by atoms with Crippen LogP contribution in [-0.2, 0) is 0 Å². The predicted molar refractivity (Wildman–Crippen MR) is 58.9 cm³/mol. The molecule has 1 heterocycles. The van der Waals surface area contributed by atoms with E-state index >= 15 is 0 Å². The lowest BCUT2D eigenvalue weighted by atomic mass is 10.1. The van der Waals surface area contributed by atoms with E-state index in [9.17, 15) is 0 Å². The lowest BCUT2D eigenvalue weighted by molar-refractivity contribution is 1.23. The Labute approximate surface area is 85.9 Å². The third kappa shape index (κ3) is 1.46. The van der Waals surface area contributed by atoms with Crippen LogP contribution in [0.2, 0.25) is 0 Å². The number of aryl methyl sites for hydroxylation is 2. The molecule has 0 radical (unpaired) electrons. The number of para-hydroxylation sites is 1. The van der Waals surface area contributed by atoms with Gasteiger partial charge in [0.25, 0.3) is 0 Å². The van der Waals surface area contributed by atoms with Gasteiger partial charge in [0, 0.05) is 15.6 Å². The van der Waals surface area contributed by atoms with Crippen LogP contribution in [0, 0.1) is 13.8 Å². The van der Waals surface area contributed by atoms with Gasteiger partial charge < -0.3 is 0 Å². The van der Waals surface area contributed by atoms with Crippen LogP contribution in [0.15, 0.2) is 28.7 Å². The first kappa shape index (κ1) is 8.70. The van der Waals surface area contributed by atoms with Gasteiger partial charge in [-0.1, -0.05) is 34.1 Å². The van der Waals surface area contributed by atoms with Gasteiger partial charge in [-0.05, 0) is 25.5 Å². The summed E-state index contributed by atoms with van der Waals surface area (Å²) in [5, 5.41) is 1.19. The third-order valence-electron chi connectivity index (χ3n) is 2.12. The van der Waals surface area contributed by atoms with Crippen LogP contribution in [0.25, 0.3) is 10.9 Å². The minimum atomic E-state index is 1.05. The van der Waals surface area contributed by atoms with Crippen molar-refractivity contribution in [3.63, 3.8) is 0 Å². The summed E-state index contributed by atoms with van der Waals surface area (Å²) in [7, 11) is 0. The van der Waals surface area contributed by atoms with Crippen LogP contribution in [0.3, 0.4) is 0 Å². The van der Waals surface area contributed by atoms with Gasteiger partial charge in [-0.25, -0.2) is 0 Å². The van der Waals surface area contributed by atoms with Gasteiger partial charge in [-0.2, -0.15) is 0 Å². The van der Waals surface area contributed by atoms with Crippen LogP contribution in [0.4, 0.5) is 0 Å². The van der Waals surface area contributed by atoms with Crippen molar-refractivity contribution >= 4 is 26.8 Å². The van der Waals surface area contributed by atoms with Gasteiger partial charge in [0.05, 0.1) is 5.52 Å². The molecule has 1 aromatic heterocycles. The second-order valence-corrected chi connectivity index (χ2v) is 4.07. The zero-order chi connectivity index (χ0) is 9.42. The Kier molecular flexibility index (Phi) is 2.08. The van der Waals surface area contributed by atoms with Gasteiger partial charge in [-0.15, -0.1) is 0 Å². The Morgan fingerprint density at radius 3 is 2.77 bits per heavy atom. The molecule has 0 aliphatic rings. The maximum Gasteiger partial charge on any atom is 0.0745 e. The largest absolute Gasteiger partial charge is 0.253 e. The summed E-state index contributed by atoms with van der Waals surface area (Å²) in [6.07, 6.45) is 0. The molecule has 1 nitrogen and oxygen atoms in total. The van der Waals surface area contributed by atoms with Gasteiger partial charge >= 0.3 is 0 Å². The Balaban J connectivity index is 2.94. The van der Waals surface area contributed by atoms with Crippen LogP contribution in [0.5, 0.6) is 0 Å². The summed E-state index contributed by atoms with van der Waals surface area (Å²) in [5.74, 6) is 0. The molecule has 1 aromatic carbocycles. The van der Waals surface area contributed by atoms with Gasteiger partial charge in [-0.3, -0.25) is 4.98 Å². The highest BCUT2D eigenvalue weighted by molar-refractivity contribution is 9.10. The monoisotopic (exact) mass is 235 g/mol. The van der Waals surface area contributed by atoms with Crippen LogP contribution in [0.1, 0.15) is 11.3 Å². The fourth-order valence-corrected chi connectivity index (χ4v) is 2.12. The van der Waals surface area contributed by atoms with Crippen molar-refractivity contribution in [2.75, 3.05) is 0 Å². The number of hydrogen-bond acceptors (Lipinski definition) is 1. The first-order valence-electron chi connectivity index (χ1n) is 4.21. The highest BCUT2D eigenvalue weighted by Gasteiger charge is 2.02. The fraction of sp³-hybridized carbons (Fsp3) is 0.182. The standard InChI is InChI=1S/C11H10BrN/c1-7-4-3-5-9-10(12)6-8(2)13-11(7)9/h3-6H,1-2H3. The molecular formula is C11H10BrN. The second kappa shape index (κ2) is 3.11. The maximum atomic E-state index is 4.51. The van der Waals surface area contributed by atoms with E-state index in [1.807, 2.05) is 13.0 Å². The van der Waals surface area contributed by atoms with Crippen LogP contribution >= 0.6 is 15.9 Å². The lowest BCUT2D eigenvalue weighted by Crippen LogP contribution is -1.87. The van der Waals surface area contributed by atoms with Gasteiger partial charge in [0.1, 0.15) is 0 Å². The van der Waals surface area contributed by atoms with E-state index in [-0.39, 0.29) is 0 Å². The van der Waals surface area contributed by atoms with E-state index in [0.717, 1.165) is 15.7 Å². The van der Waals surface area contributed by atoms with E-state index < -0.39 is 0 Å². The third-order valence-corrected chi connectivity index (χ3v) is 2.77. The van der Waals surface area contributed by atoms with Crippen molar-refractivity contribution in [1.82, 2.24) is 4.98 Å².